The lowest BCUT2D eigenvalue weighted by molar-refractivity contribution is 0.179. The first-order valence-corrected chi connectivity index (χ1v) is 10.2. The molecule has 0 atom stereocenters. The van der Waals surface area contributed by atoms with Gasteiger partial charge in [0.1, 0.15) is 0 Å². The van der Waals surface area contributed by atoms with Crippen LogP contribution in [0.1, 0.15) is 51.0 Å². The van der Waals surface area contributed by atoms with Crippen molar-refractivity contribution in [3.63, 3.8) is 0 Å². The quantitative estimate of drug-likeness (QED) is 0.752. The third-order valence-corrected chi connectivity index (χ3v) is 6.12. The van der Waals surface area contributed by atoms with Gasteiger partial charge in [0.2, 0.25) is 0 Å². The molecule has 5 nitrogen and oxygen atoms in total. The molecular weight excluding hydrogens is 336 g/mol. The molecule has 0 aromatic heterocycles. The van der Waals surface area contributed by atoms with Gasteiger partial charge in [0.05, 0.1) is 4.90 Å². The minimum Gasteiger partial charge on any atom is -0.337 e. The van der Waals surface area contributed by atoms with Crippen LogP contribution in [0.3, 0.4) is 0 Å². The highest BCUT2D eigenvalue weighted by molar-refractivity contribution is 7.90. The first-order chi connectivity index (χ1) is 11.7. The molecule has 0 unspecified atom stereocenters. The molecule has 0 saturated heterocycles. The van der Waals surface area contributed by atoms with Gasteiger partial charge in [-0.15, -0.1) is 6.58 Å². The number of benzene rings is 1. The summed E-state index contributed by atoms with van der Waals surface area (Å²) in [4.78, 5) is 12.2. The summed E-state index contributed by atoms with van der Waals surface area (Å²) < 4.78 is 26.7. The van der Waals surface area contributed by atoms with Crippen molar-refractivity contribution < 1.29 is 13.2 Å². The maximum absolute atomic E-state index is 12.3. The molecular formula is C19H28N2O3S. The molecule has 2 amide bonds. The van der Waals surface area contributed by atoms with Crippen LogP contribution >= 0.6 is 0 Å². The second-order valence-corrected chi connectivity index (χ2v) is 8.98. The smallest absolute Gasteiger partial charge is 0.328 e. The maximum atomic E-state index is 12.3. The average molecular weight is 365 g/mol. The van der Waals surface area contributed by atoms with Gasteiger partial charge < -0.3 is 5.32 Å². The molecule has 25 heavy (non-hydrogen) atoms. The normalized spacial score (nSPS) is 16.9. The summed E-state index contributed by atoms with van der Waals surface area (Å²) in [5, 5.41) is 2.77. The summed E-state index contributed by atoms with van der Waals surface area (Å²) in [5.41, 5.74) is 2.05. The van der Waals surface area contributed by atoms with Gasteiger partial charge in [-0.2, -0.15) is 0 Å². The van der Waals surface area contributed by atoms with Crippen molar-refractivity contribution in [2.75, 3.05) is 6.54 Å². The van der Waals surface area contributed by atoms with Crippen molar-refractivity contribution in [2.24, 2.45) is 5.41 Å². The van der Waals surface area contributed by atoms with E-state index in [0.29, 0.717) is 6.54 Å². The summed E-state index contributed by atoms with van der Waals surface area (Å²) in [7, 11) is -3.85. The minimum atomic E-state index is -3.85. The fraction of sp³-hybridized carbons (Fsp3) is 0.526. The number of hydrogen-bond donors (Lipinski definition) is 2. The zero-order valence-corrected chi connectivity index (χ0v) is 15.9. The summed E-state index contributed by atoms with van der Waals surface area (Å²) in [6.07, 6.45) is 6.41. The monoisotopic (exact) mass is 364 g/mol. The van der Waals surface area contributed by atoms with E-state index in [1.807, 2.05) is 13.8 Å². The SMILES string of the molecule is C=C(C)CC1(CNC(=O)NS(=O)(=O)c2ccc(C)cc2)CCCCC1. The highest BCUT2D eigenvalue weighted by atomic mass is 32.2. The molecule has 1 saturated carbocycles. The van der Waals surface area contributed by atoms with Crippen LogP contribution in [0.5, 0.6) is 0 Å². The molecule has 1 fully saturated rings. The molecule has 1 aromatic carbocycles. The maximum Gasteiger partial charge on any atom is 0.328 e. The van der Waals surface area contributed by atoms with E-state index in [4.69, 9.17) is 0 Å². The molecule has 138 valence electrons. The van der Waals surface area contributed by atoms with Crippen molar-refractivity contribution in [3.05, 3.63) is 42.0 Å². The Morgan fingerprint density at radius 3 is 2.32 bits per heavy atom. The number of hydrogen-bond acceptors (Lipinski definition) is 3. The Kier molecular flexibility index (Phi) is 6.27. The predicted molar refractivity (Wildman–Crippen MR) is 99.8 cm³/mol. The van der Waals surface area contributed by atoms with Crippen LogP contribution in [-0.2, 0) is 10.0 Å². The number of amides is 2. The molecule has 1 aliphatic rings. The number of sulfonamides is 1. The van der Waals surface area contributed by atoms with E-state index in [0.717, 1.165) is 43.2 Å². The highest BCUT2D eigenvalue weighted by Gasteiger charge is 2.32. The topological polar surface area (TPSA) is 75.3 Å². The van der Waals surface area contributed by atoms with E-state index in [9.17, 15) is 13.2 Å². The largest absolute Gasteiger partial charge is 0.337 e. The number of urea groups is 1. The average Bonchev–Trinajstić information content (AvgIpc) is 2.53. The Morgan fingerprint density at radius 2 is 1.76 bits per heavy atom. The Labute approximate surface area is 151 Å². The molecule has 1 aromatic rings. The van der Waals surface area contributed by atoms with Gasteiger partial charge in [-0.3, -0.25) is 0 Å². The zero-order valence-electron chi connectivity index (χ0n) is 15.1. The zero-order chi connectivity index (χ0) is 18.5. The van der Waals surface area contributed by atoms with E-state index in [-0.39, 0.29) is 10.3 Å². The second-order valence-electron chi connectivity index (χ2n) is 7.30. The summed E-state index contributed by atoms with van der Waals surface area (Å²) in [6, 6.07) is 5.72. The van der Waals surface area contributed by atoms with Crippen LogP contribution in [0.2, 0.25) is 0 Å². The lowest BCUT2D eigenvalue weighted by atomic mass is 9.70. The Hall–Kier alpha value is -1.82. The van der Waals surface area contributed by atoms with Crippen molar-refractivity contribution in [1.29, 1.82) is 0 Å². The number of rotatable bonds is 6. The van der Waals surface area contributed by atoms with Crippen molar-refractivity contribution in [3.8, 4) is 0 Å². The minimum absolute atomic E-state index is 0.00492. The molecule has 0 bridgehead atoms. The first kappa shape index (κ1) is 19.5. The van der Waals surface area contributed by atoms with Crippen molar-refractivity contribution >= 4 is 16.1 Å². The molecule has 2 rings (SSSR count). The first-order valence-electron chi connectivity index (χ1n) is 8.74. The third kappa shape index (κ3) is 5.59. The van der Waals surface area contributed by atoms with Crippen molar-refractivity contribution in [1.82, 2.24) is 10.0 Å². The van der Waals surface area contributed by atoms with Crippen LogP contribution < -0.4 is 10.0 Å². The molecule has 0 aliphatic heterocycles. The highest BCUT2D eigenvalue weighted by Crippen LogP contribution is 2.40. The van der Waals surface area contributed by atoms with Crippen LogP contribution in [0.15, 0.2) is 41.3 Å². The third-order valence-electron chi connectivity index (χ3n) is 4.77. The van der Waals surface area contributed by atoms with Crippen LogP contribution in [0.25, 0.3) is 0 Å². The van der Waals surface area contributed by atoms with Gasteiger partial charge in [0.25, 0.3) is 10.0 Å². The number of aryl methyl sites for hydroxylation is 1. The van der Waals surface area contributed by atoms with Gasteiger partial charge in [-0.05, 0) is 50.7 Å². The fourth-order valence-corrected chi connectivity index (χ4v) is 4.49. The van der Waals surface area contributed by atoms with E-state index in [2.05, 4.69) is 16.6 Å². The van der Waals surface area contributed by atoms with Crippen molar-refractivity contribution in [2.45, 2.75) is 57.3 Å². The molecule has 0 radical (unpaired) electrons. The van der Waals surface area contributed by atoms with Crippen LogP contribution in [0.4, 0.5) is 4.79 Å². The summed E-state index contributed by atoms with van der Waals surface area (Å²) >= 11 is 0. The lowest BCUT2D eigenvalue weighted by Crippen LogP contribution is -2.45. The van der Waals surface area contributed by atoms with Gasteiger partial charge in [-0.1, -0.05) is 42.5 Å². The van der Waals surface area contributed by atoms with Crippen LogP contribution in [0, 0.1) is 12.3 Å². The standard InChI is InChI=1S/C19H28N2O3S/c1-15(2)13-19(11-5-4-6-12-19)14-20-18(22)21-25(23,24)17-9-7-16(3)8-10-17/h7-10H,1,4-6,11-14H2,2-3H3,(H2,20,21,22). The van der Waals surface area contributed by atoms with E-state index >= 15 is 0 Å². The van der Waals surface area contributed by atoms with Crippen LogP contribution in [-0.4, -0.2) is 21.0 Å². The molecule has 0 spiro atoms. The Morgan fingerprint density at radius 1 is 1.16 bits per heavy atom. The molecule has 0 heterocycles. The molecule has 1 aliphatic carbocycles. The lowest BCUT2D eigenvalue weighted by Gasteiger charge is -2.37. The van der Waals surface area contributed by atoms with Gasteiger partial charge >= 0.3 is 6.03 Å². The molecule has 6 heteroatoms. The van der Waals surface area contributed by atoms with Gasteiger partial charge in [0.15, 0.2) is 0 Å². The number of carbonyl (C=O) groups excluding carboxylic acids is 1. The molecule has 2 N–H and O–H groups in total. The van der Waals surface area contributed by atoms with E-state index in [1.165, 1.54) is 18.6 Å². The van der Waals surface area contributed by atoms with E-state index in [1.54, 1.807) is 12.1 Å². The fourth-order valence-electron chi connectivity index (χ4n) is 3.56. The predicted octanol–water partition coefficient (Wildman–Crippen LogP) is 3.90. The number of carbonyl (C=O) groups is 1. The second kappa shape index (κ2) is 8.04. The van der Waals surface area contributed by atoms with Gasteiger partial charge in [-0.25, -0.2) is 17.9 Å². The number of nitrogens with one attached hydrogen (secondary N) is 2. The number of allylic oxidation sites excluding steroid dienone is 1. The Balaban J connectivity index is 1.98. The summed E-state index contributed by atoms with van der Waals surface area (Å²) in [5.74, 6) is 0. The summed E-state index contributed by atoms with van der Waals surface area (Å²) in [6.45, 7) is 8.35. The Bertz CT molecular complexity index is 718. The van der Waals surface area contributed by atoms with Gasteiger partial charge in [0, 0.05) is 6.54 Å². The van der Waals surface area contributed by atoms with E-state index < -0.39 is 16.1 Å².